The molecule has 0 aromatic heterocycles. The van der Waals surface area contributed by atoms with Gasteiger partial charge in [0.1, 0.15) is 6.29 Å². The van der Waals surface area contributed by atoms with Gasteiger partial charge in [0, 0.05) is 11.6 Å². The van der Waals surface area contributed by atoms with Crippen LogP contribution >= 0.6 is 0 Å². The van der Waals surface area contributed by atoms with Crippen molar-refractivity contribution in [3.05, 3.63) is 57.6 Å². The lowest BCUT2D eigenvalue weighted by atomic mass is 10.2. The van der Waals surface area contributed by atoms with Crippen molar-refractivity contribution in [1.82, 2.24) is 0 Å². The van der Waals surface area contributed by atoms with E-state index < -0.39 is 4.92 Å². The van der Waals surface area contributed by atoms with Crippen LogP contribution < -0.4 is 9.47 Å². The number of rotatable bonds is 5. The number of ether oxygens (including phenoxy) is 2. The van der Waals surface area contributed by atoms with Gasteiger partial charge in [0.2, 0.25) is 5.75 Å². The van der Waals surface area contributed by atoms with Crippen LogP contribution in [0.1, 0.15) is 15.9 Å². The minimum atomic E-state index is -0.515. The fourth-order valence-corrected chi connectivity index (χ4v) is 1.82. The van der Waals surface area contributed by atoms with E-state index in [0.29, 0.717) is 17.6 Å². The lowest BCUT2D eigenvalue weighted by molar-refractivity contribution is -0.385. The zero-order valence-electron chi connectivity index (χ0n) is 11.5. The Hall–Kier alpha value is -2.89. The van der Waals surface area contributed by atoms with Gasteiger partial charge in [-0.3, -0.25) is 14.9 Å². The first kappa shape index (κ1) is 14.5. The molecule has 0 amide bonds. The molecule has 0 radical (unpaired) electrons. The van der Waals surface area contributed by atoms with Crippen LogP contribution in [0, 0.1) is 17.0 Å². The molecule has 0 N–H and O–H groups in total. The van der Waals surface area contributed by atoms with Crippen molar-refractivity contribution < 1.29 is 19.2 Å². The average Bonchev–Trinajstić information content (AvgIpc) is 2.48. The van der Waals surface area contributed by atoms with Crippen LogP contribution in [0.5, 0.6) is 17.2 Å². The molecule has 0 saturated carbocycles. The normalized spacial score (nSPS) is 10.0. The molecule has 0 aliphatic carbocycles. The van der Waals surface area contributed by atoms with Gasteiger partial charge in [-0.15, -0.1) is 0 Å². The Morgan fingerprint density at radius 1 is 1.10 bits per heavy atom. The Balaban J connectivity index is 2.46. The summed E-state index contributed by atoms with van der Waals surface area (Å²) in [6.07, 6.45) is 0.663. The number of aldehydes is 1. The third-order valence-electron chi connectivity index (χ3n) is 2.85. The summed E-state index contributed by atoms with van der Waals surface area (Å²) in [5.41, 5.74) is 0.997. The molecule has 0 bridgehead atoms. The maximum atomic E-state index is 11.1. The Morgan fingerprint density at radius 3 is 2.43 bits per heavy atom. The van der Waals surface area contributed by atoms with Crippen molar-refractivity contribution in [1.29, 1.82) is 0 Å². The fourth-order valence-electron chi connectivity index (χ4n) is 1.82. The Morgan fingerprint density at radius 2 is 1.81 bits per heavy atom. The maximum Gasteiger partial charge on any atom is 0.311 e. The molecule has 0 spiro atoms. The molecule has 0 unspecified atom stereocenters. The number of methoxy groups -OCH3 is 1. The molecule has 2 rings (SSSR count). The number of nitro benzene ring substituents is 1. The van der Waals surface area contributed by atoms with Crippen LogP contribution in [0.2, 0.25) is 0 Å². The first-order chi connectivity index (χ1) is 10.0. The van der Waals surface area contributed by atoms with Crippen molar-refractivity contribution in [2.45, 2.75) is 6.92 Å². The van der Waals surface area contributed by atoms with E-state index in [-0.39, 0.29) is 17.2 Å². The molecule has 0 heterocycles. The summed E-state index contributed by atoms with van der Waals surface area (Å²) in [6, 6.07) is 9.25. The molecule has 6 heteroatoms. The summed E-state index contributed by atoms with van der Waals surface area (Å²) in [7, 11) is 1.45. The topological polar surface area (TPSA) is 78.7 Å². The highest BCUT2D eigenvalue weighted by Crippen LogP contribution is 2.36. The number of benzene rings is 2. The fraction of sp³-hybridized carbons (Fsp3) is 0.133. The van der Waals surface area contributed by atoms with Gasteiger partial charge in [0.25, 0.3) is 0 Å². The molecule has 2 aromatic rings. The Bertz CT molecular complexity index is 696. The van der Waals surface area contributed by atoms with E-state index in [2.05, 4.69) is 0 Å². The van der Waals surface area contributed by atoms with E-state index in [1.807, 2.05) is 0 Å². The number of hydrogen-bond donors (Lipinski definition) is 0. The van der Waals surface area contributed by atoms with Crippen molar-refractivity contribution in [3.8, 4) is 17.2 Å². The predicted octanol–water partition coefficient (Wildman–Crippen LogP) is 3.52. The molecule has 108 valence electrons. The first-order valence-electron chi connectivity index (χ1n) is 6.11. The minimum absolute atomic E-state index is 0.0898. The van der Waals surface area contributed by atoms with E-state index in [0.717, 1.165) is 5.56 Å². The predicted molar refractivity (Wildman–Crippen MR) is 76.3 cm³/mol. The standard InChI is InChI=1S/C15H13NO5/c1-10-3-5-13(12(7-10)16(18)19)21-15-8-11(9-17)4-6-14(15)20-2/h3-9H,1-2H3. The third kappa shape index (κ3) is 3.17. The van der Waals surface area contributed by atoms with E-state index in [4.69, 9.17) is 9.47 Å². The second-order valence-corrected chi connectivity index (χ2v) is 4.36. The molecular formula is C15H13NO5. The lowest BCUT2D eigenvalue weighted by Crippen LogP contribution is -1.96. The summed E-state index contributed by atoms with van der Waals surface area (Å²) in [4.78, 5) is 21.4. The molecule has 2 aromatic carbocycles. The van der Waals surface area contributed by atoms with Crippen LogP contribution in [-0.2, 0) is 0 Å². The van der Waals surface area contributed by atoms with Crippen molar-refractivity contribution >= 4 is 12.0 Å². The van der Waals surface area contributed by atoms with Gasteiger partial charge in [-0.25, -0.2) is 0 Å². The highest BCUT2D eigenvalue weighted by molar-refractivity contribution is 5.76. The Labute approximate surface area is 121 Å². The van der Waals surface area contributed by atoms with Crippen LogP contribution in [0.3, 0.4) is 0 Å². The summed E-state index contributed by atoms with van der Waals surface area (Å²) in [5, 5.41) is 11.1. The van der Waals surface area contributed by atoms with Crippen LogP contribution in [-0.4, -0.2) is 18.3 Å². The molecule has 0 atom stereocenters. The Kier molecular flexibility index (Phi) is 4.18. The minimum Gasteiger partial charge on any atom is -0.493 e. The summed E-state index contributed by atoms with van der Waals surface area (Å²) >= 11 is 0. The van der Waals surface area contributed by atoms with Gasteiger partial charge < -0.3 is 9.47 Å². The largest absolute Gasteiger partial charge is 0.493 e. The summed E-state index contributed by atoms with van der Waals surface area (Å²) < 4.78 is 10.7. The van der Waals surface area contributed by atoms with Crippen LogP contribution in [0.15, 0.2) is 36.4 Å². The molecule has 0 saturated heterocycles. The van der Waals surface area contributed by atoms with Crippen LogP contribution in [0.4, 0.5) is 5.69 Å². The van der Waals surface area contributed by atoms with Crippen molar-refractivity contribution in [2.24, 2.45) is 0 Å². The van der Waals surface area contributed by atoms with E-state index in [9.17, 15) is 14.9 Å². The quantitative estimate of drug-likeness (QED) is 0.477. The molecule has 0 aliphatic heterocycles. The zero-order valence-corrected chi connectivity index (χ0v) is 11.5. The zero-order chi connectivity index (χ0) is 15.4. The van der Waals surface area contributed by atoms with Crippen molar-refractivity contribution in [2.75, 3.05) is 7.11 Å². The second kappa shape index (κ2) is 6.04. The summed E-state index contributed by atoms with van der Waals surface area (Å²) in [6.45, 7) is 1.75. The molecule has 21 heavy (non-hydrogen) atoms. The number of hydrogen-bond acceptors (Lipinski definition) is 5. The smallest absolute Gasteiger partial charge is 0.311 e. The monoisotopic (exact) mass is 287 g/mol. The van der Waals surface area contributed by atoms with Crippen LogP contribution in [0.25, 0.3) is 0 Å². The molecule has 0 aliphatic rings. The van der Waals surface area contributed by atoms with Gasteiger partial charge in [-0.1, -0.05) is 6.07 Å². The molecular weight excluding hydrogens is 274 g/mol. The van der Waals surface area contributed by atoms with E-state index in [1.54, 1.807) is 25.1 Å². The second-order valence-electron chi connectivity index (χ2n) is 4.36. The van der Waals surface area contributed by atoms with Gasteiger partial charge >= 0.3 is 5.69 Å². The number of nitrogens with zero attached hydrogens (tertiary/aromatic N) is 1. The van der Waals surface area contributed by atoms with Crippen molar-refractivity contribution in [3.63, 3.8) is 0 Å². The van der Waals surface area contributed by atoms with Gasteiger partial charge in [0.15, 0.2) is 11.5 Å². The number of aryl methyl sites for hydroxylation is 1. The lowest BCUT2D eigenvalue weighted by Gasteiger charge is -2.11. The van der Waals surface area contributed by atoms with E-state index >= 15 is 0 Å². The molecule has 0 fully saturated rings. The average molecular weight is 287 g/mol. The maximum absolute atomic E-state index is 11.1. The number of carbonyl (C=O) groups is 1. The highest BCUT2D eigenvalue weighted by Gasteiger charge is 2.17. The van der Waals surface area contributed by atoms with Gasteiger partial charge in [0.05, 0.1) is 12.0 Å². The third-order valence-corrected chi connectivity index (χ3v) is 2.85. The first-order valence-corrected chi connectivity index (χ1v) is 6.11. The summed E-state index contributed by atoms with van der Waals surface area (Å²) in [5.74, 6) is 0.719. The van der Waals surface area contributed by atoms with Gasteiger partial charge in [-0.2, -0.15) is 0 Å². The van der Waals surface area contributed by atoms with E-state index in [1.165, 1.54) is 25.3 Å². The molecule has 6 nitrogen and oxygen atoms in total. The number of carbonyl (C=O) groups excluding carboxylic acids is 1. The SMILES string of the molecule is COc1ccc(C=O)cc1Oc1ccc(C)cc1[N+](=O)[O-]. The number of nitro groups is 1. The van der Waals surface area contributed by atoms with Gasteiger partial charge in [-0.05, 0) is 36.8 Å². The highest BCUT2D eigenvalue weighted by atomic mass is 16.6.